The molecule has 1 unspecified atom stereocenters. The first-order valence-corrected chi connectivity index (χ1v) is 6.24. The van der Waals surface area contributed by atoms with E-state index >= 15 is 0 Å². The zero-order valence-corrected chi connectivity index (χ0v) is 10.5. The normalized spacial score (nSPS) is 20.2. The van der Waals surface area contributed by atoms with E-state index < -0.39 is 17.9 Å². The van der Waals surface area contributed by atoms with Gasteiger partial charge < -0.3 is 24.6 Å². The SMILES string of the molecule is O=C(O)C1CCCN1C(=O)c1cc2c(cc1O)OCO2. The second-order valence-corrected chi connectivity index (χ2v) is 4.72. The Morgan fingerprint density at radius 1 is 1.25 bits per heavy atom. The minimum absolute atomic E-state index is 0.0300. The number of likely N-dealkylation sites (tertiary alicyclic amines) is 1. The number of carboxylic acids is 1. The minimum Gasteiger partial charge on any atom is -0.507 e. The number of aromatic hydroxyl groups is 1. The van der Waals surface area contributed by atoms with Crippen LogP contribution in [0, 0.1) is 0 Å². The summed E-state index contributed by atoms with van der Waals surface area (Å²) in [5.74, 6) is -1.04. The second kappa shape index (κ2) is 4.59. The Morgan fingerprint density at radius 3 is 2.65 bits per heavy atom. The lowest BCUT2D eigenvalue weighted by Gasteiger charge is -2.21. The number of ether oxygens (including phenoxy) is 2. The number of carbonyl (C=O) groups excluding carboxylic acids is 1. The first-order valence-electron chi connectivity index (χ1n) is 6.24. The summed E-state index contributed by atoms with van der Waals surface area (Å²) in [7, 11) is 0. The molecule has 1 saturated heterocycles. The Balaban J connectivity index is 1.93. The summed E-state index contributed by atoms with van der Waals surface area (Å²) in [4.78, 5) is 24.8. The molecular formula is C13H13NO6. The summed E-state index contributed by atoms with van der Waals surface area (Å²) in [5, 5.41) is 19.0. The van der Waals surface area contributed by atoms with Crippen molar-refractivity contribution in [2.24, 2.45) is 0 Å². The second-order valence-electron chi connectivity index (χ2n) is 4.72. The molecule has 0 aliphatic carbocycles. The van der Waals surface area contributed by atoms with Crippen LogP contribution in [0.25, 0.3) is 0 Å². The molecule has 0 saturated carbocycles. The number of nitrogens with zero attached hydrogens (tertiary/aromatic N) is 1. The molecule has 2 aliphatic rings. The molecule has 20 heavy (non-hydrogen) atoms. The van der Waals surface area contributed by atoms with Gasteiger partial charge in [0.2, 0.25) is 6.79 Å². The predicted octanol–water partition coefficient (Wildman–Crippen LogP) is 0.810. The topological polar surface area (TPSA) is 96.3 Å². The van der Waals surface area contributed by atoms with Crippen LogP contribution in [0.4, 0.5) is 0 Å². The number of phenolic OH excluding ortho intramolecular Hbond substituents is 1. The van der Waals surface area contributed by atoms with Crippen LogP contribution < -0.4 is 9.47 Å². The highest BCUT2D eigenvalue weighted by molar-refractivity contribution is 5.99. The van der Waals surface area contributed by atoms with E-state index in [0.29, 0.717) is 30.9 Å². The van der Waals surface area contributed by atoms with E-state index in [1.807, 2.05) is 0 Å². The molecular weight excluding hydrogens is 266 g/mol. The van der Waals surface area contributed by atoms with Crippen molar-refractivity contribution in [3.8, 4) is 17.2 Å². The zero-order chi connectivity index (χ0) is 14.3. The number of benzene rings is 1. The van der Waals surface area contributed by atoms with Crippen LogP contribution in [0.15, 0.2) is 12.1 Å². The molecule has 0 bridgehead atoms. The van der Waals surface area contributed by atoms with E-state index in [0.717, 1.165) is 0 Å². The van der Waals surface area contributed by atoms with Gasteiger partial charge in [-0.25, -0.2) is 4.79 Å². The molecule has 2 N–H and O–H groups in total. The number of aliphatic carboxylic acids is 1. The van der Waals surface area contributed by atoms with Crippen molar-refractivity contribution in [1.29, 1.82) is 0 Å². The summed E-state index contributed by atoms with van der Waals surface area (Å²) in [5.41, 5.74) is 0.0300. The molecule has 1 aromatic rings. The van der Waals surface area contributed by atoms with Gasteiger partial charge in [-0.1, -0.05) is 0 Å². The van der Waals surface area contributed by atoms with Crippen LogP contribution >= 0.6 is 0 Å². The van der Waals surface area contributed by atoms with Gasteiger partial charge in [0.25, 0.3) is 5.91 Å². The lowest BCUT2D eigenvalue weighted by atomic mass is 10.1. The molecule has 0 radical (unpaired) electrons. The molecule has 1 amide bonds. The van der Waals surface area contributed by atoms with E-state index in [-0.39, 0.29) is 18.1 Å². The van der Waals surface area contributed by atoms with Crippen LogP contribution in [-0.4, -0.2) is 46.4 Å². The molecule has 1 atom stereocenters. The third kappa shape index (κ3) is 1.91. The zero-order valence-electron chi connectivity index (χ0n) is 10.5. The van der Waals surface area contributed by atoms with E-state index in [9.17, 15) is 14.7 Å². The average Bonchev–Trinajstić information content (AvgIpc) is 3.04. The fraction of sp³-hybridized carbons (Fsp3) is 0.385. The van der Waals surface area contributed by atoms with Crippen LogP contribution in [0.3, 0.4) is 0 Å². The van der Waals surface area contributed by atoms with Crippen LogP contribution in [0.1, 0.15) is 23.2 Å². The summed E-state index contributed by atoms with van der Waals surface area (Å²) < 4.78 is 10.3. The number of phenols is 1. The van der Waals surface area contributed by atoms with Crippen molar-refractivity contribution in [2.75, 3.05) is 13.3 Å². The molecule has 106 valence electrons. The number of fused-ring (bicyclic) bond motifs is 1. The Morgan fingerprint density at radius 2 is 1.95 bits per heavy atom. The third-order valence-electron chi connectivity index (χ3n) is 3.52. The smallest absolute Gasteiger partial charge is 0.326 e. The summed E-state index contributed by atoms with van der Waals surface area (Å²) in [6.07, 6.45) is 1.06. The lowest BCUT2D eigenvalue weighted by Crippen LogP contribution is -2.40. The highest BCUT2D eigenvalue weighted by atomic mass is 16.7. The van der Waals surface area contributed by atoms with Crippen LogP contribution in [0.2, 0.25) is 0 Å². The number of hydrogen-bond acceptors (Lipinski definition) is 5. The van der Waals surface area contributed by atoms with E-state index in [1.165, 1.54) is 17.0 Å². The highest BCUT2D eigenvalue weighted by Gasteiger charge is 2.36. The van der Waals surface area contributed by atoms with Crippen molar-refractivity contribution in [3.05, 3.63) is 17.7 Å². The van der Waals surface area contributed by atoms with E-state index in [1.54, 1.807) is 0 Å². The molecule has 2 aliphatic heterocycles. The van der Waals surface area contributed by atoms with E-state index in [4.69, 9.17) is 14.6 Å². The van der Waals surface area contributed by atoms with Gasteiger partial charge in [0.15, 0.2) is 11.5 Å². The molecule has 0 aromatic heterocycles. The van der Waals surface area contributed by atoms with Crippen LogP contribution in [0.5, 0.6) is 17.2 Å². The standard InChI is InChI=1S/C13H13NO6/c15-9-5-11-10(19-6-20-11)4-7(9)12(16)14-3-1-2-8(14)13(17)18/h4-5,8,15H,1-3,6H2,(H,17,18). The molecule has 1 fully saturated rings. The maximum atomic E-state index is 12.4. The van der Waals surface area contributed by atoms with Crippen molar-refractivity contribution >= 4 is 11.9 Å². The van der Waals surface area contributed by atoms with Gasteiger partial charge in [0, 0.05) is 18.7 Å². The van der Waals surface area contributed by atoms with Crippen LogP contribution in [-0.2, 0) is 4.79 Å². The highest BCUT2D eigenvalue weighted by Crippen LogP contribution is 2.38. The lowest BCUT2D eigenvalue weighted by molar-refractivity contribution is -0.141. The van der Waals surface area contributed by atoms with Gasteiger partial charge in [0.05, 0.1) is 5.56 Å². The summed E-state index contributed by atoms with van der Waals surface area (Å²) >= 11 is 0. The molecule has 7 nitrogen and oxygen atoms in total. The molecule has 3 rings (SSSR count). The fourth-order valence-electron chi connectivity index (χ4n) is 2.52. The molecule has 2 heterocycles. The summed E-state index contributed by atoms with van der Waals surface area (Å²) in [6, 6.07) is 1.85. The average molecular weight is 279 g/mol. The Labute approximate surface area is 114 Å². The number of rotatable bonds is 2. The van der Waals surface area contributed by atoms with Crippen molar-refractivity contribution in [1.82, 2.24) is 4.90 Å². The monoisotopic (exact) mass is 279 g/mol. The Bertz CT molecular complexity index is 584. The maximum Gasteiger partial charge on any atom is 0.326 e. The molecule has 7 heteroatoms. The van der Waals surface area contributed by atoms with Gasteiger partial charge in [-0.15, -0.1) is 0 Å². The van der Waals surface area contributed by atoms with E-state index in [2.05, 4.69) is 0 Å². The minimum atomic E-state index is -1.03. The Kier molecular flexibility index (Phi) is 2.89. The number of carbonyl (C=O) groups is 2. The third-order valence-corrected chi connectivity index (χ3v) is 3.52. The first-order chi connectivity index (χ1) is 9.58. The number of carboxylic acid groups (broad SMARTS) is 1. The molecule has 1 aromatic carbocycles. The predicted molar refractivity (Wildman–Crippen MR) is 65.9 cm³/mol. The number of hydrogen-bond donors (Lipinski definition) is 2. The maximum absolute atomic E-state index is 12.4. The summed E-state index contributed by atoms with van der Waals surface area (Å²) in [6.45, 7) is 0.400. The van der Waals surface area contributed by atoms with Crippen molar-refractivity contribution in [3.63, 3.8) is 0 Å². The van der Waals surface area contributed by atoms with Gasteiger partial charge in [-0.2, -0.15) is 0 Å². The Hall–Kier alpha value is -2.44. The van der Waals surface area contributed by atoms with Gasteiger partial charge in [-0.3, -0.25) is 4.79 Å². The van der Waals surface area contributed by atoms with Crippen molar-refractivity contribution in [2.45, 2.75) is 18.9 Å². The van der Waals surface area contributed by atoms with Gasteiger partial charge >= 0.3 is 5.97 Å². The van der Waals surface area contributed by atoms with Gasteiger partial charge in [0.1, 0.15) is 11.8 Å². The van der Waals surface area contributed by atoms with Crippen molar-refractivity contribution < 1.29 is 29.3 Å². The first kappa shape index (κ1) is 12.6. The molecule has 0 spiro atoms. The fourth-order valence-corrected chi connectivity index (χ4v) is 2.52. The van der Waals surface area contributed by atoms with Gasteiger partial charge in [-0.05, 0) is 12.8 Å². The quantitative estimate of drug-likeness (QED) is 0.831. The number of amides is 1. The largest absolute Gasteiger partial charge is 0.507 e.